The van der Waals surface area contributed by atoms with E-state index in [4.69, 9.17) is 16.7 Å². The third-order valence-electron chi connectivity index (χ3n) is 3.00. The number of hydrogen-bond acceptors (Lipinski definition) is 2. The molecule has 4 heteroatoms. The molecule has 0 saturated heterocycles. The van der Waals surface area contributed by atoms with Gasteiger partial charge in [0.15, 0.2) is 0 Å². The van der Waals surface area contributed by atoms with E-state index in [0.717, 1.165) is 11.3 Å². The second-order valence-electron chi connectivity index (χ2n) is 4.42. The molecular weight excluding hydrogens is 262 g/mol. The molecule has 0 radical (unpaired) electrons. The van der Waals surface area contributed by atoms with Crippen LogP contribution >= 0.6 is 11.6 Å². The lowest BCUT2D eigenvalue weighted by Crippen LogP contribution is -2.02. The van der Waals surface area contributed by atoms with Crippen molar-refractivity contribution in [3.05, 3.63) is 58.1 Å². The Morgan fingerprint density at radius 2 is 1.84 bits per heavy atom. The fourth-order valence-corrected chi connectivity index (χ4v) is 1.95. The standard InChI is InChI=1S/C15H14ClNO2/c1-9-3-5-12(7-10(9)2)17-14-8-11(16)4-6-13(14)15(18)19/h3-8,17H,1-2H3,(H,18,19). The SMILES string of the molecule is Cc1ccc(Nc2cc(Cl)ccc2C(=O)O)cc1C. The van der Waals surface area contributed by atoms with Crippen LogP contribution in [0.15, 0.2) is 36.4 Å². The summed E-state index contributed by atoms with van der Waals surface area (Å²) < 4.78 is 0. The molecule has 2 aromatic rings. The number of carboxylic acid groups (broad SMARTS) is 1. The number of nitrogens with one attached hydrogen (secondary N) is 1. The predicted octanol–water partition coefficient (Wildman–Crippen LogP) is 4.40. The molecule has 0 amide bonds. The van der Waals surface area contributed by atoms with Gasteiger partial charge in [-0.25, -0.2) is 4.79 Å². The zero-order valence-electron chi connectivity index (χ0n) is 10.7. The van der Waals surface area contributed by atoms with Crippen LogP contribution in [0.2, 0.25) is 5.02 Å². The summed E-state index contributed by atoms with van der Waals surface area (Å²) in [4.78, 5) is 11.2. The van der Waals surface area contributed by atoms with Gasteiger partial charge in [-0.05, 0) is 55.3 Å². The lowest BCUT2D eigenvalue weighted by Gasteiger charge is -2.11. The van der Waals surface area contributed by atoms with Gasteiger partial charge in [0, 0.05) is 10.7 Å². The average molecular weight is 276 g/mol. The Balaban J connectivity index is 2.39. The summed E-state index contributed by atoms with van der Waals surface area (Å²) in [7, 11) is 0. The van der Waals surface area contributed by atoms with Crippen molar-refractivity contribution >= 4 is 28.9 Å². The minimum Gasteiger partial charge on any atom is -0.478 e. The van der Waals surface area contributed by atoms with Crippen LogP contribution in [0.25, 0.3) is 0 Å². The van der Waals surface area contributed by atoms with Crippen molar-refractivity contribution in [3.63, 3.8) is 0 Å². The molecule has 0 heterocycles. The Bertz CT molecular complexity index is 638. The van der Waals surface area contributed by atoms with Gasteiger partial charge in [0.2, 0.25) is 0 Å². The molecule has 0 aliphatic carbocycles. The molecule has 0 aliphatic heterocycles. The van der Waals surface area contributed by atoms with Crippen molar-refractivity contribution in [3.8, 4) is 0 Å². The van der Waals surface area contributed by atoms with Crippen molar-refractivity contribution in [1.82, 2.24) is 0 Å². The smallest absolute Gasteiger partial charge is 0.337 e. The Kier molecular flexibility index (Phi) is 3.76. The van der Waals surface area contributed by atoms with Crippen LogP contribution in [-0.4, -0.2) is 11.1 Å². The first kappa shape index (κ1) is 13.4. The van der Waals surface area contributed by atoms with E-state index in [2.05, 4.69) is 5.32 Å². The predicted molar refractivity (Wildman–Crippen MR) is 77.6 cm³/mol. The van der Waals surface area contributed by atoms with Gasteiger partial charge in [0.05, 0.1) is 11.3 Å². The number of aryl methyl sites for hydroxylation is 2. The van der Waals surface area contributed by atoms with Gasteiger partial charge in [-0.1, -0.05) is 17.7 Å². The fraction of sp³-hybridized carbons (Fsp3) is 0.133. The van der Waals surface area contributed by atoms with Crippen LogP contribution in [0.1, 0.15) is 21.5 Å². The fourth-order valence-electron chi connectivity index (χ4n) is 1.78. The van der Waals surface area contributed by atoms with Crippen LogP contribution in [0.4, 0.5) is 11.4 Å². The van der Waals surface area contributed by atoms with E-state index in [1.54, 1.807) is 12.1 Å². The maximum absolute atomic E-state index is 11.2. The Labute approximate surface area is 116 Å². The van der Waals surface area contributed by atoms with Gasteiger partial charge in [0.1, 0.15) is 0 Å². The third-order valence-corrected chi connectivity index (χ3v) is 3.23. The molecule has 0 aromatic heterocycles. The number of aromatic carboxylic acids is 1. The summed E-state index contributed by atoms with van der Waals surface area (Å²) in [5.74, 6) is -0.983. The molecule has 0 fully saturated rings. The first-order chi connectivity index (χ1) is 8.97. The number of anilines is 2. The van der Waals surface area contributed by atoms with Gasteiger partial charge in [-0.3, -0.25) is 0 Å². The molecule has 0 atom stereocenters. The van der Waals surface area contributed by atoms with Crippen LogP contribution in [0.3, 0.4) is 0 Å². The molecule has 2 aromatic carbocycles. The molecule has 19 heavy (non-hydrogen) atoms. The second-order valence-corrected chi connectivity index (χ2v) is 4.86. The van der Waals surface area contributed by atoms with Gasteiger partial charge in [-0.15, -0.1) is 0 Å². The highest BCUT2D eigenvalue weighted by Crippen LogP contribution is 2.26. The monoisotopic (exact) mass is 275 g/mol. The van der Waals surface area contributed by atoms with E-state index in [1.807, 2.05) is 32.0 Å². The number of hydrogen-bond donors (Lipinski definition) is 2. The molecule has 2 N–H and O–H groups in total. The third kappa shape index (κ3) is 3.06. The van der Waals surface area contributed by atoms with Crippen molar-refractivity contribution in [2.24, 2.45) is 0 Å². The molecular formula is C15H14ClNO2. The highest BCUT2D eigenvalue weighted by molar-refractivity contribution is 6.31. The number of halogens is 1. The topological polar surface area (TPSA) is 49.3 Å². The highest BCUT2D eigenvalue weighted by Gasteiger charge is 2.10. The van der Waals surface area contributed by atoms with E-state index < -0.39 is 5.97 Å². The van der Waals surface area contributed by atoms with Crippen molar-refractivity contribution in [2.45, 2.75) is 13.8 Å². The minimum atomic E-state index is -0.983. The molecule has 3 nitrogen and oxygen atoms in total. The summed E-state index contributed by atoms with van der Waals surface area (Å²) in [6, 6.07) is 10.5. The number of rotatable bonds is 3. The van der Waals surface area contributed by atoms with E-state index >= 15 is 0 Å². The number of carbonyl (C=O) groups is 1. The van der Waals surface area contributed by atoms with E-state index in [0.29, 0.717) is 10.7 Å². The largest absolute Gasteiger partial charge is 0.478 e. The van der Waals surface area contributed by atoms with E-state index in [9.17, 15) is 4.79 Å². The molecule has 0 spiro atoms. The number of carboxylic acids is 1. The molecule has 0 bridgehead atoms. The highest BCUT2D eigenvalue weighted by atomic mass is 35.5. The first-order valence-corrected chi connectivity index (χ1v) is 6.22. The molecule has 0 unspecified atom stereocenters. The van der Waals surface area contributed by atoms with E-state index in [1.165, 1.54) is 11.6 Å². The summed E-state index contributed by atoms with van der Waals surface area (Å²) in [5, 5.41) is 12.7. The van der Waals surface area contributed by atoms with Gasteiger partial charge >= 0.3 is 5.97 Å². The molecule has 2 rings (SSSR count). The van der Waals surface area contributed by atoms with Crippen LogP contribution in [0, 0.1) is 13.8 Å². The van der Waals surface area contributed by atoms with Crippen LogP contribution in [0.5, 0.6) is 0 Å². The van der Waals surface area contributed by atoms with Crippen molar-refractivity contribution in [2.75, 3.05) is 5.32 Å². The molecule has 0 saturated carbocycles. The van der Waals surface area contributed by atoms with Crippen LogP contribution in [-0.2, 0) is 0 Å². The summed E-state index contributed by atoms with van der Waals surface area (Å²) in [6.07, 6.45) is 0. The van der Waals surface area contributed by atoms with E-state index in [-0.39, 0.29) is 5.56 Å². The van der Waals surface area contributed by atoms with Gasteiger partial charge < -0.3 is 10.4 Å². The number of benzene rings is 2. The zero-order chi connectivity index (χ0) is 14.0. The minimum absolute atomic E-state index is 0.197. The first-order valence-electron chi connectivity index (χ1n) is 5.84. The lowest BCUT2D eigenvalue weighted by molar-refractivity contribution is 0.0698. The maximum atomic E-state index is 11.2. The molecule has 0 aliphatic rings. The Hall–Kier alpha value is -2.00. The lowest BCUT2D eigenvalue weighted by atomic mass is 10.1. The summed E-state index contributed by atoms with van der Waals surface area (Å²) in [6.45, 7) is 4.04. The summed E-state index contributed by atoms with van der Waals surface area (Å²) >= 11 is 5.91. The van der Waals surface area contributed by atoms with Gasteiger partial charge in [-0.2, -0.15) is 0 Å². The second kappa shape index (κ2) is 5.33. The Morgan fingerprint density at radius 1 is 1.11 bits per heavy atom. The average Bonchev–Trinajstić information content (AvgIpc) is 2.33. The quantitative estimate of drug-likeness (QED) is 0.873. The van der Waals surface area contributed by atoms with Crippen molar-refractivity contribution < 1.29 is 9.90 Å². The maximum Gasteiger partial charge on any atom is 0.337 e. The van der Waals surface area contributed by atoms with Crippen LogP contribution < -0.4 is 5.32 Å². The zero-order valence-corrected chi connectivity index (χ0v) is 11.5. The summed E-state index contributed by atoms with van der Waals surface area (Å²) in [5.41, 5.74) is 3.86. The normalized spacial score (nSPS) is 10.3. The Morgan fingerprint density at radius 3 is 2.47 bits per heavy atom. The molecule has 98 valence electrons. The van der Waals surface area contributed by atoms with Gasteiger partial charge in [0.25, 0.3) is 0 Å². The van der Waals surface area contributed by atoms with Crippen molar-refractivity contribution in [1.29, 1.82) is 0 Å².